The molecule has 2 aromatic heterocycles. The summed E-state index contributed by atoms with van der Waals surface area (Å²) in [6.45, 7) is 0.822. The minimum Gasteiger partial charge on any atom is -0.508 e. The molecule has 4 aromatic rings. The van der Waals surface area contributed by atoms with Gasteiger partial charge in [-0.15, -0.1) is 0 Å². The maximum absolute atomic E-state index is 13.7. The number of esters is 1. The first kappa shape index (κ1) is 32.8. The van der Waals surface area contributed by atoms with Crippen LogP contribution in [0.25, 0.3) is 22.3 Å². The zero-order valence-corrected chi connectivity index (χ0v) is 26.1. The van der Waals surface area contributed by atoms with Gasteiger partial charge in [-0.1, -0.05) is 19.1 Å². The second-order valence-corrected chi connectivity index (χ2v) is 11.2. The van der Waals surface area contributed by atoms with Gasteiger partial charge in [0, 0.05) is 22.2 Å². The van der Waals surface area contributed by atoms with Crippen LogP contribution in [0, 0.1) is 0 Å². The van der Waals surface area contributed by atoms with Gasteiger partial charge >= 0.3 is 12.1 Å². The van der Waals surface area contributed by atoms with Gasteiger partial charge in [-0.3, -0.25) is 14.4 Å². The van der Waals surface area contributed by atoms with Crippen molar-refractivity contribution >= 4 is 46.8 Å². The fraction of sp³-hybridized carbons (Fsp3) is 0.265. The smallest absolute Gasteiger partial charge is 0.508 e. The molecule has 0 saturated heterocycles. The van der Waals surface area contributed by atoms with Crippen molar-refractivity contribution in [3.8, 4) is 17.1 Å². The third kappa shape index (κ3) is 6.82. The number of nitrogens with one attached hydrogen (secondary N) is 2. The molecule has 0 bridgehead atoms. The summed E-state index contributed by atoms with van der Waals surface area (Å²) in [5, 5.41) is 15.8. The molecule has 2 aliphatic rings. The Morgan fingerprint density at radius 1 is 1.08 bits per heavy atom. The molecule has 0 radical (unpaired) electrons. The zero-order valence-electron chi connectivity index (χ0n) is 26.1. The van der Waals surface area contributed by atoms with Crippen molar-refractivity contribution < 1.29 is 48.0 Å². The molecule has 2 amide bonds. The predicted molar refractivity (Wildman–Crippen MR) is 170 cm³/mol. The van der Waals surface area contributed by atoms with E-state index in [9.17, 15) is 33.9 Å². The van der Waals surface area contributed by atoms with Gasteiger partial charge in [0.25, 0.3) is 5.56 Å². The lowest BCUT2D eigenvalue weighted by Crippen LogP contribution is -2.35. The first-order chi connectivity index (χ1) is 23.7. The van der Waals surface area contributed by atoms with Crippen LogP contribution in [-0.2, 0) is 64.3 Å². The van der Waals surface area contributed by atoms with E-state index >= 15 is 0 Å². The van der Waals surface area contributed by atoms with E-state index in [4.69, 9.17) is 23.9 Å². The van der Waals surface area contributed by atoms with Crippen LogP contribution in [0.15, 0.2) is 53.3 Å². The van der Waals surface area contributed by atoms with Crippen LogP contribution < -0.4 is 16.2 Å². The summed E-state index contributed by atoms with van der Waals surface area (Å²) < 4.78 is 22.2. The Kier molecular flexibility index (Phi) is 9.35. The van der Waals surface area contributed by atoms with Crippen LogP contribution in [-0.4, -0.2) is 64.6 Å². The highest BCUT2D eigenvalue weighted by Crippen LogP contribution is 2.39. The van der Waals surface area contributed by atoms with E-state index in [0.29, 0.717) is 40.9 Å². The number of aldehydes is 1. The molecule has 0 aliphatic carbocycles. The number of phenols is 1. The number of amides is 2. The molecule has 1 atom stereocenters. The maximum Gasteiger partial charge on any atom is 0.509 e. The average molecular weight is 671 g/mol. The van der Waals surface area contributed by atoms with Crippen LogP contribution in [0.3, 0.4) is 0 Å². The minimum absolute atomic E-state index is 0.107. The molecule has 49 heavy (non-hydrogen) atoms. The summed E-state index contributed by atoms with van der Waals surface area (Å²) in [5.74, 6) is -1.80. The third-order valence-electron chi connectivity index (χ3n) is 8.06. The number of aromatic nitrogens is 2. The van der Waals surface area contributed by atoms with Gasteiger partial charge in [0.15, 0.2) is 0 Å². The number of anilines is 1. The SMILES string of the molecule is CCc1c2c(nc3ccc(O)cc13)-c1cc3c(c(=O)n1C2)COC(=O)C3OC(=O)OCc1ccc(NC(=O)CNC(=O)COCC=O)cc1. The Morgan fingerprint density at radius 2 is 1.88 bits per heavy atom. The monoisotopic (exact) mass is 670 g/mol. The molecule has 252 valence electrons. The zero-order chi connectivity index (χ0) is 34.7. The summed E-state index contributed by atoms with van der Waals surface area (Å²) in [5.41, 5.74) is 4.37. The number of ether oxygens (including phenoxy) is 4. The van der Waals surface area contributed by atoms with Gasteiger partial charge in [-0.25, -0.2) is 14.6 Å². The van der Waals surface area contributed by atoms with Crippen molar-refractivity contribution in [3.05, 3.63) is 86.7 Å². The highest BCUT2D eigenvalue weighted by molar-refractivity contribution is 5.94. The predicted octanol–water partition coefficient (Wildman–Crippen LogP) is 2.41. The molecule has 2 aliphatic heterocycles. The van der Waals surface area contributed by atoms with Crippen LogP contribution in [0.5, 0.6) is 5.75 Å². The number of hydrogen-bond donors (Lipinski definition) is 3. The Balaban J connectivity index is 1.12. The molecule has 3 N–H and O–H groups in total. The van der Waals surface area contributed by atoms with Crippen molar-refractivity contribution in [1.29, 1.82) is 0 Å². The molecular weight excluding hydrogens is 640 g/mol. The summed E-state index contributed by atoms with van der Waals surface area (Å²) in [6.07, 6.45) is -1.58. The van der Waals surface area contributed by atoms with Crippen LogP contribution >= 0.6 is 0 Å². The molecular formula is C34H30N4O11. The van der Waals surface area contributed by atoms with Crippen molar-refractivity contribution in [2.24, 2.45) is 0 Å². The topological polar surface area (TPSA) is 201 Å². The fourth-order valence-electron chi connectivity index (χ4n) is 5.79. The number of carbonyl (C=O) groups is 5. The third-order valence-corrected chi connectivity index (χ3v) is 8.06. The lowest BCUT2D eigenvalue weighted by atomic mass is 9.97. The molecule has 4 heterocycles. The first-order valence-electron chi connectivity index (χ1n) is 15.2. The fourth-order valence-corrected chi connectivity index (χ4v) is 5.79. The van der Waals surface area contributed by atoms with E-state index in [-0.39, 0.29) is 56.4 Å². The number of hydrogen-bond acceptors (Lipinski definition) is 12. The lowest BCUT2D eigenvalue weighted by molar-refractivity contribution is -0.159. The number of aryl methyl sites for hydroxylation is 1. The number of carbonyl (C=O) groups excluding carboxylic acids is 5. The number of benzene rings is 2. The molecule has 1 unspecified atom stereocenters. The van der Waals surface area contributed by atoms with Crippen LogP contribution in [0.1, 0.15) is 40.8 Å². The number of cyclic esters (lactones) is 1. The van der Waals surface area contributed by atoms with Crippen LogP contribution in [0.2, 0.25) is 0 Å². The Bertz CT molecular complexity index is 2060. The molecule has 0 saturated carbocycles. The quantitative estimate of drug-likeness (QED) is 0.105. The highest BCUT2D eigenvalue weighted by atomic mass is 16.7. The maximum atomic E-state index is 13.7. The van der Waals surface area contributed by atoms with E-state index in [1.54, 1.807) is 47.0 Å². The van der Waals surface area contributed by atoms with Gasteiger partial charge in [-0.2, -0.15) is 0 Å². The Labute approximate surface area is 277 Å². The van der Waals surface area contributed by atoms with Gasteiger partial charge in [-0.05, 0) is 53.9 Å². The second-order valence-electron chi connectivity index (χ2n) is 11.2. The summed E-state index contributed by atoms with van der Waals surface area (Å²) in [7, 11) is 0. The van der Waals surface area contributed by atoms with Gasteiger partial charge in [0.05, 0.1) is 35.6 Å². The number of fused-ring (bicyclic) bond motifs is 5. The normalized spacial score (nSPS) is 14.2. The Hall–Kier alpha value is -6.09. The van der Waals surface area contributed by atoms with Crippen molar-refractivity contribution in [2.75, 3.05) is 25.1 Å². The number of nitrogens with zero attached hydrogens (tertiary/aromatic N) is 2. The van der Waals surface area contributed by atoms with Crippen LogP contribution in [0.4, 0.5) is 10.5 Å². The minimum atomic E-state index is -1.54. The molecule has 6 rings (SSSR count). The standard InChI is InChI=1S/C34H30N4O11/c1-2-21-22-11-20(40)7-8-26(22)37-30-24(21)14-38-27(30)12-23-25(32(38)43)16-47-33(44)31(23)49-34(45)48-15-18-3-5-19(6-4-18)36-28(41)13-35-29(42)17-46-10-9-39/h3-9,11-12,31,40H,2,10,13-17H2,1H3,(H,35,42)(H,36,41). The molecule has 15 nitrogen and oxygen atoms in total. The largest absolute Gasteiger partial charge is 0.509 e. The van der Waals surface area contributed by atoms with E-state index in [2.05, 4.69) is 10.6 Å². The van der Waals surface area contributed by atoms with E-state index in [1.165, 1.54) is 6.07 Å². The van der Waals surface area contributed by atoms with E-state index in [1.807, 2.05) is 6.92 Å². The highest BCUT2D eigenvalue weighted by Gasteiger charge is 2.38. The van der Waals surface area contributed by atoms with Gasteiger partial charge in [0.2, 0.25) is 17.9 Å². The number of aromatic hydroxyl groups is 1. The Morgan fingerprint density at radius 3 is 2.63 bits per heavy atom. The summed E-state index contributed by atoms with van der Waals surface area (Å²) in [4.78, 5) is 77.9. The van der Waals surface area contributed by atoms with Gasteiger partial charge < -0.3 is 44.0 Å². The molecule has 2 aromatic carbocycles. The summed E-state index contributed by atoms with van der Waals surface area (Å²) >= 11 is 0. The van der Waals surface area contributed by atoms with Gasteiger partial charge in [0.1, 0.15) is 38.5 Å². The average Bonchev–Trinajstić information content (AvgIpc) is 3.46. The van der Waals surface area contributed by atoms with Crippen molar-refractivity contribution in [1.82, 2.24) is 14.9 Å². The number of pyridine rings is 2. The van der Waals surface area contributed by atoms with E-state index in [0.717, 1.165) is 16.5 Å². The second kappa shape index (κ2) is 13.9. The number of phenolic OH excluding ortho intramolecular Hbond substituents is 1. The van der Waals surface area contributed by atoms with Crippen molar-refractivity contribution in [3.63, 3.8) is 0 Å². The van der Waals surface area contributed by atoms with E-state index < -0.39 is 35.6 Å². The van der Waals surface area contributed by atoms with Crippen molar-refractivity contribution in [2.45, 2.75) is 39.2 Å². The molecule has 0 spiro atoms. The first-order valence-corrected chi connectivity index (χ1v) is 15.2. The number of rotatable bonds is 11. The molecule has 0 fully saturated rings. The summed E-state index contributed by atoms with van der Waals surface area (Å²) in [6, 6.07) is 12.8. The molecule has 15 heteroatoms. The lowest BCUT2D eigenvalue weighted by Gasteiger charge is -2.24.